The number of aryl methyl sites for hydroxylation is 1. The van der Waals surface area contributed by atoms with Crippen molar-refractivity contribution in [3.8, 4) is 5.75 Å². The number of amides is 2. The summed E-state index contributed by atoms with van der Waals surface area (Å²) in [7, 11) is -3.03. The highest BCUT2D eigenvalue weighted by molar-refractivity contribution is 7.91. The molecule has 0 spiro atoms. The van der Waals surface area contributed by atoms with Crippen LogP contribution in [0, 0.1) is 6.92 Å². The minimum atomic E-state index is -3.03. The number of nitrogens with zero attached hydrogens (tertiary/aromatic N) is 3. The second kappa shape index (κ2) is 11.6. The van der Waals surface area contributed by atoms with Crippen molar-refractivity contribution in [3.05, 3.63) is 65.2 Å². The normalized spacial score (nSPS) is 19.6. The van der Waals surface area contributed by atoms with Gasteiger partial charge in [0.1, 0.15) is 16.9 Å². The van der Waals surface area contributed by atoms with Gasteiger partial charge >= 0.3 is 0 Å². The molecule has 2 aliphatic heterocycles. The number of rotatable bonds is 6. The molecular formula is C29H33ClN4O5S. The van der Waals surface area contributed by atoms with Crippen LogP contribution < -0.4 is 10.1 Å². The van der Waals surface area contributed by atoms with Crippen molar-refractivity contribution in [3.63, 3.8) is 0 Å². The van der Waals surface area contributed by atoms with Gasteiger partial charge in [-0.2, -0.15) is 0 Å². The van der Waals surface area contributed by atoms with Crippen LogP contribution in [0.4, 0.5) is 5.95 Å². The number of hydrogen-bond donors (Lipinski definition) is 1. The van der Waals surface area contributed by atoms with E-state index in [4.69, 9.17) is 21.3 Å². The number of sulfone groups is 1. The zero-order valence-electron chi connectivity index (χ0n) is 22.4. The number of aromatic nitrogens is 2. The van der Waals surface area contributed by atoms with Crippen molar-refractivity contribution >= 4 is 50.2 Å². The van der Waals surface area contributed by atoms with E-state index < -0.39 is 9.84 Å². The summed E-state index contributed by atoms with van der Waals surface area (Å²) in [6.07, 6.45) is 4.32. The highest BCUT2D eigenvalue weighted by Crippen LogP contribution is 2.39. The molecule has 9 nitrogen and oxygen atoms in total. The topological polar surface area (TPSA) is 111 Å². The van der Waals surface area contributed by atoms with E-state index in [0.717, 1.165) is 24.8 Å². The van der Waals surface area contributed by atoms with E-state index >= 15 is 0 Å². The first-order valence-corrected chi connectivity index (χ1v) is 15.7. The molecule has 2 aromatic carbocycles. The Kier molecular flexibility index (Phi) is 8.19. The van der Waals surface area contributed by atoms with Gasteiger partial charge in [-0.15, -0.1) is 0 Å². The molecule has 2 fully saturated rings. The van der Waals surface area contributed by atoms with Gasteiger partial charge in [0.05, 0.1) is 28.6 Å². The number of imidazole rings is 1. The number of fused-ring (bicyclic) bond motifs is 1. The van der Waals surface area contributed by atoms with Crippen LogP contribution in [-0.2, 0) is 14.6 Å². The van der Waals surface area contributed by atoms with Crippen LogP contribution in [-0.4, -0.2) is 65.4 Å². The Labute approximate surface area is 239 Å². The zero-order chi connectivity index (χ0) is 28.4. The minimum absolute atomic E-state index is 0.0832. The molecule has 1 aromatic heterocycles. The molecule has 1 atom stereocenters. The molecule has 1 N–H and O–H groups in total. The van der Waals surface area contributed by atoms with Crippen LogP contribution >= 0.6 is 11.6 Å². The van der Waals surface area contributed by atoms with Crippen molar-refractivity contribution in [1.82, 2.24) is 14.5 Å². The standard InChI is InChI=1S/C29H33ClN4O5S/c1-3-25(35)33-14-5-4-9-21(18-33)34-27-23(31-29(34)32-28(36)20-8-6-7-19(2)17-20)10-11-24(26(27)30)39-22-12-15-40(37,38)16-13-22/h3,6-8,10-11,17,21-22H,1,4-5,9,12-16,18H2,2H3,(H,31,32,36)/t21-/m1/s1. The molecule has 3 aromatic rings. The van der Waals surface area contributed by atoms with Crippen molar-refractivity contribution < 1.29 is 22.7 Å². The second-order valence-electron chi connectivity index (χ2n) is 10.5. The van der Waals surface area contributed by atoms with Crippen LogP contribution in [0.15, 0.2) is 49.1 Å². The lowest BCUT2D eigenvalue weighted by atomic mass is 10.1. The maximum atomic E-state index is 13.3. The molecule has 0 aliphatic carbocycles. The molecule has 5 rings (SSSR count). The highest BCUT2D eigenvalue weighted by Gasteiger charge is 2.30. The van der Waals surface area contributed by atoms with E-state index in [1.807, 2.05) is 29.7 Å². The average Bonchev–Trinajstić information content (AvgIpc) is 3.11. The molecule has 11 heteroatoms. The summed E-state index contributed by atoms with van der Waals surface area (Å²) < 4.78 is 31.9. The van der Waals surface area contributed by atoms with Crippen molar-refractivity contribution in [2.75, 3.05) is 29.9 Å². The van der Waals surface area contributed by atoms with Gasteiger partial charge in [-0.25, -0.2) is 13.4 Å². The van der Waals surface area contributed by atoms with Gasteiger partial charge in [0.2, 0.25) is 11.9 Å². The van der Waals surface area contributed by atoms with Gasteiger partial charge in [0, 0.05) is 18.7 Å². The van der Waals surface area contributed by atoms with Gasteiger partial charge in [-0.3, -0.25) is 14.9 Å². The summed E-state index contributed by atoms with van der Waals surface area (Å²) >= 11 is 6.98. The predicted octanol–water partition coefficient (Wildman–Crippen LogP) is 4.95. The second-order valence-corrected chi connectivity index (χ2v) is 13.2. The molecule has 2 aliphatic rings. The third-order valence-electron chi connectivity index (χ3n) is 7.55. The number of hydrogen-bond acceptors (Lipinski definition) is 6. The van der Waals surface area contributed by atoms with E-state index in [9.17, 15) is 18.0 Å². The van der Waals surface area contributed by atoms with Crippen LogP contribution in [0.25, 0.3) is 11.0 Å². The van der Waals surface area contributed by atoms with Crippen molar-refractivity contribution in [2.24, 2.45) is 0 Å². The number of likely N-dealkylation sites (tertiary alicyclic amines) is 1. The monoisotopic (exact) mass is 584 g/mol. The molecule has 3 heterocycles. The molecule has 0 saturated carbocycles. The van der Waals surface area contributed by atoms with E-state index in [2.05, 4.69) is 11.9 Å². The molecule has 2 saturated heterocycles. The van der Waals surface area contributed by atoms with Crippen LogP contribution in [0.1, 0.15) is 54.1 Å². The number of carbonyl (C=O) groups is 2. The fraction of sp³-hybridized carbons (Fsp3) is 0.414. The smallest absolute Gasteiger partial charge is 0.257 e. The van der Waals surface area contributed by atoms with E-state index in [1.165, 1.54) is 6.08 Å². The first kappa shape index (κ1) is 28.2. The maximum Gasteiger partial charge on any atom is 0.257 e. The Morgan fingerprint density at radius 1 is 1.15 bits per heavy atom. The highest BCUT2D eigenvalue weighted by atomic mass is 35.5. The summed E-state index contributed by atoms with van der Waals surface area (Å²) in [6, 6.07) is 10.6. The van der Waals surface area contributed by atoms with Crippen molar-refractivity contribution in [2.45, 2.75) is 51.2 Å². The fourth-order valence-electron chi connectivity index (χ4n) is 5.45. The number of nitrogens with one attached hydrogen (secondary N) is 1. The number of anilines is 1. The van der Waals surface area contributed by atoms with Crippen molar-refractivity contribution in [1.29, 1.82) is 0 Å². The lowest BCUT2D eigenvalue weighted by Crippen LogP contribution is -2.34. The third-order valence-corrected chi connectivity index (χ3v) is 9.63. The van der Waals surface area contributed by atoms with Gasteiger partial charge in [0.15, 0.2) is 9.84 Å². The Morgan fingerprint density at radius 3 is 2.65 bits per heavy atom. The van der Waals surface area contributed by atoms with E-state index in [0.29, 0.717) is 59.2 Å². The molecule has 0 radical (unpaired) electrons. The zero-order valence-corrected chi connectivity index (χ0v) is 24.0. The van der Waals surface area contributed by atoms with Gasteiger partial charge < -0.3 is 14.2 Å². The molecular weight excluding hydrogens is 552 g/mol. The summed E-state index contributed by atoms with van der Waals surface area (Å²) in [5.41, 5.74) is 2.64. The summed E-state index contributed by atoms with van der Waals surface area (Å²) in [5, 5.41) is 3.31. The first-order chi connectivity index (χ1) is 19.1. The quantitative estimate of drug-likeness (QED) is 0.411. The average molecular weight is 585 g/mol. The van der Waals surface area contributed by atoms with Crippen LogP contribution in [0.3, 0.4) is 0 Å². The first-order valence-electron chi connectivity index (χ1n) is 13.5. The number of ether oxygens (including phenoxy) is 1. The maximum absolute atomic E-state index is 13.3. The molecule has 0 unspecified atom stereocenters. The molecule has 212 valence electrons. The Balaban J connectivity index is 1.56. The molecule has 0 bridgehead atoms. The number of halogens is 1. The van der Waals surface area contributed by atoms with Crippen LogP contribution in [0.2, 0.25) is 5.02 Å². The third kappa shape index (κ3) is 6.02. The Morgan fingerprint density at radius 2 is 1.93 bits per heavy atom. The van der Waals surface area contributed by atoms with Gasteiger partial charge in [0.25, 0.3) is 5.91 Å². The summed E-state index contributed by atoms with van der Waals surface area (Å²) in [5.74, 6) is 0.485. The molecule has 40 heavy (non-hydrogen) atoms. The SMILES string of the molecule is C=CC(=O)N1CCCC[C@@H](n2c(NC(=O)c3cccc(C)c3)nc3ccc(OC4CCS(=O)(=O)CC4)c(Cl)c32)C1. The largest absolute Gasteiger partial charge is 0.489 e. The Hall–Kier alpha value is -3.37. The fourth-order valence-corrected chi connectivity index (χ4v) is 7.19. The Bertz CT molecular complexity index is 1550. The molecule has 2 amide bonds. The van der Waals surface area contributed by atoms with Gasteiger partial charge in [-0.05, 0) is 69.4 Å². The van der Waals surface area contributed by atoms with Crippen LogP contribution in [0.5, 0.6) is 5.75 Å². The van der Waals surface area contributed by atoms with E-state index in [-0.39, 0.29) is 35.5 Å². The number of carbonyl (C=O) groups excluding carboxylic acids is 2. The number of benzene rings is 2. The summed E-state index contributed by atoms with van der Waals surface area (Å²) in [6.45, 7) is 6.60. The lowest BCUT2D eigenvalue weighted by molar-refractivity contribution is -0.126. The van der Waals surface area contributed by atoms with Gasteiger partial charge in [-0.1, -0.05) is 35.9 Å². The summed E-state index contributed by atoms with van der Waals surface area (Å²) in [4.78, 5) is 32.4. The minimum Gasteiger partial charge on any atom is -0.489 e. The van der Waals surface area contributed by atoms with E-state index in [1.54, 1.807) is 23.1 Å². The predicted molar refractivity (Wildman–Crippen MR) is 156 cm³/mol. The lowest BCUT2D eigenvalue weighted by Gasteiger charge is -2.27.